The van der Waals surface area contributed by atoms with Crippen LogP contribution in [0.1, 0.15) is 11.1 Å². The highest BCUT2D eigenvalue weighted by Crippen LogP contribution is 2.27. The van der Waals surface area contributed by atoms with E-state index in [2.05, 4.69) is 15.3 Å². The number of ether oxygens (including phenoxy) is 2. The first-order valence-electron chi connectivity index (χ1n) is 10.0. The maximum atomic E-state index is 13.3. The number of benzene rings is 2. The Balaban J connectivity index is 1.59. The van der Waals surface area contributed by atoms with Crippen LogP contribution < -0.4 is 10.1 Å². The van der Waals surface area contributed by atoms with Crippen LogP contribution >= 0.6 is 0 Å². The second-order valence-electron chi connectivity index (χ2n) is 7.19. The summed E-state index contributed by atoms with van der Waals surface area (Å²) in [4.78, 5) is 10.3. The van der Waals surface area contributed by atoms with E-state index in [0.717, 1.165) is 16.8 Å². The molecule has 2 N–H and O–H groups in total. The third kappa shape index (κ3) is 5.04. The van der Waals surface area contributed by atoms with Gasteiger partial charge in [0.05, 0.1) is 13.7 Å². The molecule has 0 spiro atoms. The summed E-state index contributed by atoms with van der Waals surface area (Å²) in [6, 6.07) is 17.3. The number of guanidine groups is 1. The number of methoxy groups -OCH3 is 1. The second kappa shape index (κ2) is 9.49. The normalized spacial score (nSPS) is 15.6. The lowest BCUT2D eigenvalue weighted by molar-refractivity contribution is 0.124. The minimum absolute atomic E-state index is 0.302. The lowest BCUT2D eigenvalue weighted by Crippen LogP contribution is -2.38. The van der Waals surface area contributed by atoms with Gasteiger partial charge in [-0.15, -0.1) is 0 Å². The van der Waals surface area contributed by atoms with Gasteiger partial charge in [-0.2, -0.15) is 0 Å². The molecular weight excluding hydrogens is 411 g/mol. The molecule has 1 atom stereocenters. The number of rotatable bonds is 6. The van der Waals surface area contributed by atoms with Gasteiger partial charge in [-0.25, -0.2) is 14.4 Å². The quantitative estimate of drug-likeness (QED) is 0.598. The zero-order valence-electron chi connectivity index (χ0n) is 17.7. The highest BCUT2D eigenvalue weighted by molar-refractivity contribution is 5.95. The number of aliphatic hydroxyl groups is 1. The summed E-state index contributed by atoms with van der Waals surface area (Å²) in [7, 11) is 1.47. The minimum Gasteiger partial charge on any atom is -0.495 e. The number of aromatic nitrogens is 1. The van der Waals surface area contributed by atoms with Gasteiger partial charge in [-0.1, -0.05) is 24.3 Å². The number of aliphatic imine (C=N–C) groups is 1. The lowest BCUT2D eigenvalue weighted by atomic mass is 10.2. The van der Waals surface area contributed by atoms with Gasteiger partial charge in [0, 0.05) is 30.2 Å². The van der Waals surface area contributed by atoms with Crippen molar-refractivity contribution >= 4 is 11.6 Å². The summed E-state index contributed by atoms with van der Waals surface area (Å²) in [6.45, 7) is 2.35. The van der Waals surface area contributed by atoms with Crippen LogP contribution in [0.4, 0.5) is 10.1 Å². The molecule has 0 radical (unpaired) electrons. The Bertz CT molecular complexity index is 1130. The van der Waals surface area contributed by atoms with Crippen molar-refractivity contribution in [3.63, 3.8) is 0 Å². The van der Waals surface area contributed by atoms with E-state index in [9.17, 15) is 9.50 Å². The summed E-state index contributed by atoms with van der Waals surface area (Å²) >= 11 is 0. The van der Waals surface area contributed by atoms with Gasteiger partial charge in [0.25, 0.3) is 0 Å². The third-order valence-corrected chi connectivity index (χ3v) is 4.87. The van der Waals surface area contributed by atoms with Crippen molar-refractivity contribution in [2.45, 2.75) is 19.7 Å². The van der Waals surface area contributed by atoms with E-state index in [1.807, 2.05) is 37.3 Å². The van der Waals surface area contributed by atoms with E-state index in [4.69, 9.17) is 9.47 Å². The van der Waals surface area contributed by atoms with E-state index < -0.39 is 6.23 Å². The molecule has 32 heavy (non-hydrogen) atoms. The van der Waals surface area contributed by atoms with Gasteiger partial charge in [-0.3, -0.25) is 0 Å². The van der Waals surface area contributed by atoms with E-state index in [0.29, 0.717) is 29.9 Å². The Morgan fingerprint density at radius 3 is 2.66 bits per heavy atom. The number of halogens is 1. The number of aliphatic hydroxyl groups excluding tert-OH is 1. The number of nitrogens with one attached hydrogen (secondary N) is 1. The first-order chi connectivity index (χ1) is 15.5. The fourth-order valence-corrected chi connectivity index (χ4v) is 3.15. The van der Waals surface area contributed by atoms with E-state index in [1.165, 1.54) is 19.2 Å². The van der Waals surface area contributed by atoms with Gasteiger partial charge in [-0.05, 0) is 42.3 Å². The molecule has 0 amide bonds. The van der Waals surface area contributed by atoms with Crippen molar-refractivity contribution in [3.05, 3.63) is 95.8 Å². The Labute approximate surface area is 185 Å². The van der Waals surface area contributed by atoms with E-state index in [-0.39, 0.29) is 5.82 Å². The van der Waals surface area contributed by atoms with Crippen molar-refractivity contribution < 1.29 is 19.0 Å². The van der Waals surface area contributed by atoms with E-state index >= 15 is 0 Å². The molecule has 3 aromatic rings. The van der Waals surface area contributed by atoms with Crippen molar-refractivity contribution in [1.82, 2.24) is 9.88 Å². The highest BCUT2D eigenvalue weighted by atomic mass is 19.1. The Morgan fingerprint density at radius 1 is 1.12 bits per heavy atom. The molecule has 4 rings (SSSR count). The summed E-state index contributed by atoms with van der Waals surface area (Å²) in [5.41, 5.74) is 2.58. The Kier molecular flexibility index (Phi) is 6.32. The van der Waals surface area contributed by atoms with Crippen molar-refractivity contribution in [2.24, 2.45) is 4.99 Å². The molecule has 1 unspecified atom stereocenters. The number of anilines is 1. The van der Waals surface area contributed by atoms with Crippen LogP contribution in [0, 0.1) is 12.7 Å². The fourth-order valence-electron chi connectivity index (χ4n) is 3.15. The number of hydrogen-bond donors (Lipinski definition) is 2. The molecule has 0 saturated carbocycles. The first-order valence-corrected chi connectivity index (χ1v) is 10.0. The molecule has 0 bridgehead atoms. The van der Waals surface area contributed by atoms with Crippen LogP contribution in [0.15, 0.2) is 83.8 Å². The van der Waals surface area contributed by atoms with Crippen LogP contribution in [0.5, 0.6) is 11.6 Å². The number of nitrogens with zero attached hydrogens (tertiary/aromatic N) is 3. The zero-order valence-corrected chi connectivity index (χ0v) is 17.7. The zero-order chi connectivity index (χ0) is 22.5. The summed E-state index contributed by atoms with van der Waals surface area (Å²) in [5.74, 6) is 1.51. The molecule has 8 heteroatoms. The highest BCUT2D eigenvalue weighted by Gasteiger charge is 2.23. The van der Waals surface area contributed by atoms with Gasteiger partial charge < -0.3 is 24.8 Å². The van der Waals surface area contributed by atoms with Gasteiger partial charge in [0.2, 0.25) is 18.1 Å². The molecule has 1 aliphatic rings. The molecule has 2 aromatic carbocycles. The average molecular weight is 434 g/mol. The predicted octanol–water partition coefficient (Wildman–Crippen LogP) is 4.41. The number of aryl methyl sites for hydroxylation is 1. The van der Waals surface area contributed by atoms with Crippen LogP contribution in [-0.4, -0.2) is 34.3 Å². The molecule has 1 aliphatic heterocycles. The van der Waals surface area contributed by atoms with E-state index in [1.54, 1.807) is 35.5 Å². The molecule has 0 aliphatic carbocycles. The lowest BCUT2D eigenvalue weighted by Gasteiger charge is -2.29. The smallest absolute Gasteiger partial charge is 0.219 e. The summed E-state index contributed by atoms with van der Waals surface area (Å²) in [6.07, 6.45) is 2.20. The van der Waals surface area contributed by atoms with Crippen LogP contribution in [0.3, 0.4) is 0 Å². The number of hydrogen-bond acceptors (Lipinski definition) is 7. The fraction of sp³-hybridized carbons (Fsp3) is 0.167. The standard InChI is InChI=1S/C24H23FN4O3/c1-16-6-11-19(32-22-5-3-4-12-26-22)13-20(16)27-24-28-23(30)21(31-2)15-29(24)14-17-7-9-18(25)10-8-17/h3-13,15,23,30H,14H2,1-2H3,(H,27,28). The van der Waals surface area contributed by atoms with Crippen molar-refractivity contribution in [3.8, 4) is 11.6 Å². The Morgan fingerprint density at radius 2 is 1.94 bits per heavy atom. The maximum absolute atomic E-state index is 13.3. The summed E-state index contributed by atoms with van der Waals surface area (Å²) < 4.78 is 24.4. The van der Waals surface area contributed by atoms with Crippen molar-refractivity contribution in [2.75, 3.05) is 12.4 Å². The average Bonchev–Trinajstić information content (AvgIpc) is 2.80. The molecule has 0 saturated heterocycles. The van der Waals surface area contributed by atoms with Crippen LogP contribution in [0.2, 0.25) is 0 Å². The largest absolute Gasteiger partial charge is 0.495 e. The maximum Gasteiger partial charge on any atom is 0.219 e. The van der Waals surface area contributed by atoms with Crippen molar-refractivity contribution in [1.29, 1.82) is 0 Å². The summed E-state index contributed by atoms with van der Waals surface area (Å²) in [5, 5.41) is 13.6. The molecular formula is C24H23FN4O3. The van der Waals surface area contributed by atoms with Crippen LogP contribution in [0.25, 0.3) is 0 Å². The van der Waals surface area contributed by atoms with Gasteiger partial charge in [0.15, 0.2) is 5.76 Å². The monoisotopic (exact) mass is 434 g/mol. The minimum atomic E-state index is -1.14. The Hall–Kier alpha value is -3.91. The predicted molar refractivity (Wildman–Crippen MR) is 120 cm³/mol. The topological polar surface area (TPSA) is 79.2 Å². The molecule has 2 heterocycles. The van der Waals surface area contributed by atoms with Gasteiger partial charge in [0.1, 0.15) is 11.6 Å². The molecule has 0 fully saturated rings. The second-order valence-corrected chi connectivity index (χ2v) is 7.19. The molecule has 164 valence electrons. The number of pyridine rings is 1. The third-order valence-electron chi connectivity index (χ3n) is 4.87. The van der Waals surface area contributed by atoms with Gasteiger partial charge >= 0.3 is 0 Å². The van der Waals surface area contributed by atoms with Crippen LogP contribution in [-0.2, 0) is 11.3 Å². The molecule has 1 aromatic heterocycles. The molecule has 7 nitrogen and oxygen atoms in total. The first kappa shape index (κ1) is 21.3. The SMILES string of the molecule is COC1=CN(Cc2ccc(F)cc2)C(Nc2cc(Oc3ccccn3)ccc2C)=NC1O.